The van der Waals surface area contributed by atoms with E-state index in [0.717, 1.165) is 0 Å². The van der Waals surface area contributed by atoms with Gasteiger partial charge in [0.2, 0.25) is 0 Å². The molecule has 0 aliphatic carbocycles. The van der Waals surface area contributed by atoms with Crippen LogP contribution in [0.2, 0.25) is 0 Å². The molecule has 7 heteroatoms. The number of hydrogen-bond acceptors (Lipinski definition) is 5. The number of terminal acetylenes is 2. The van der Waals surface area contributed by atoms with Crippen molar-refractivity contribution in [1.82, 2.24) is 0 Å². The monoisotopic (exact) mass is 514 g/mol. The van der Waals surface area contributed by atoms with Crippen LogP contribution >= 0.6 is 0 Å². The van der Waals surface area contributed by atoms with E-state index in [4.69, 9.17) is 17.6 Å². The third-order valence-electron chi connectivity index (χ3n) is 5.85. The van der Waals surface area contributed by atoms with Crippen LogP contribution in [0.4, 0.5) is 0 Å². The first kappa shape index (κ1) is 26.2. The number of rotatable bonds is 6. The molecule has 7 nitrogen and oxygen atoms in total. The largest absolute Gasteiger partial charge is 0.478 e. The molecule has 0 aliphatic heterocycles. The number of ether oxygens (including phenoxy) is 1. The van der Waals surface area contributed by atoms with Crippen molar-refractivity contribution < 1.29 is 34.1 Å². The summed E-state index contributed by atoms with van der Waals surface area (Å²) in [6.45, 7) is 0. The molecule has 39 heavy (non-hydrogen) atoms. The Labute approximate surface area is 223 Å². The number of benzene rings is 4. The van der Waals surface area contributed by atoms with Crippen LogP contribution in [0.5, 0.6) is 0 Å². The third-order valence-corrected chi connectivity index (χ3v) is 5.85. The van der Waals surface area contributed by atoms with Gasteiger partial charge in [0, 0.05) is 11.1 Å². The molecule has 0 bridgehead atoms. The summed E-state index contributed by atoms with van der Waals surface area (Å²) in [5.41, 5.74) is 1.69. The van der Waals surface area contributed by atoms with Gasteiger partial charge in [-0.05, 0) is 70.8 Å². The molecule has 4 rings (SSSR count). The fourth-order valence-corrected chi connectivity index (χ4v) is 3.93. The van der Waals surface area contributed by atoms with E-state index in [1.165, 1.54) is 36.4 Å². The summed E-state index contributed by atoms with van der Waals surface area (Å²) in [7, 11) is 0. The number of carbonyl (C=O) groups excluding carboxylic acids is 2. The Morgan fingerprint density at radius 2 is 0.923 bits per heavy atom. The minimum atomic E-state index is -1.42. The van der Waals surface area contributed by atoms with Crippen LogP contribution in [0.1, 0.15) is 52.6 Å². The maximum absolute atomic E-state index is 13.1. The lowest BCUT2D eigenvalue weighted by molar-refractivity contribution is 0.0386. The molecule has 0 heterocycles. The summed E-state index contributed by atoms with van der Waals surface area (Å²) in [6, 6.07) is 21.6. The molecule has 0 spiro atoms. The second-order valence-corrected chi connectivity index (χ2v) is 8.26. The molecule has 4 aromatic rings. The molecule has 0 atom stereocenters. The SMILES string of the molecule is C#Cc1cccc(-c2ccc(C(=O)O)c(C(=O)OC(=O)c3cc(-c4cccc(C#C)c4)ccc3C(=O)O)c2)c1. The van der Waals surface area contributed by atoms with Gasteiger partial charge in [-0.15, -0.1) is 12.8 Å². The van der Waals surface area contributed by atoms with Crippen molar-refractivity contribution >= 4 is 23.9 Å². The number of carboxylic acids is 2. The van der Waals surface area contributed by atoms with Gasteiger partial charge < -0.3 is 14.9 Å². The minimum Gasteiger partial charge on any atom is -0.478 e. The predicted octanol–water partition coefficient (Wildman–Crippen LogP) is 5.38. The van der Waals surface area contributed by atoms with E-state index < -0.39 is 46.1 Å². The number of carbonyl (C=O) groups is 4. The van der Waals surface area contributed by atoms with E-state index in [-0.39, 0.29) is 0 Å². The van der Waals surface area contributed by atoms with Crippen molar-refractivity contribution in [3.05, 3.63) is 118 Å². The minimum absolute atomic E-state index is 0.394. The van der Waals surface area contributed by atoms with E-state index in [1.54, 1.807) is 48.5 Å². The van der Waals surface area contributed by atoms with E-state index >= 15 is 0 Å². The van der Waals surface area contributed by atoms with Gasteiger partial charge in [0.15, 0.2) is 0 Å². The zero-order valence-corrected chi connectivity index (χ0v) is 20.2. The van der Waals surface area contributed by atoms with Gasteiger partial charge in [0.1, 0.15) is 0 Å². The molecule has 2 N–H and O–H groups in total. The second kappa shape index (κ2) is 11.0. The zero-order chi connectivity index (χ0) is 28.1. The van der Waals surface area contributed by atoms with Crippen LogP contribution in [0.3, 0.4) is 0 Å². The zero-order valence-electron chi connectivity index (χ0n) is 20.2. The topological polar surface area (TPSA) is 118 Å². The Kier molecular flexibility index (Phi) is 7.38. The number of hydrogen-bond donors (Lipinski definition) is 2. The predicted molar refractivity (Wildman–Crippen MR) is 143 cm³/mol. The van der Waals surface area contributed by atoms with Gasteiger partial charge in [-0.2, -0.15) is 0 Å². The average molecular weight is 514 g/mol. The molecule has 188 valence electrons. The van der Waals surface area contributed by atoms with Gasteiger partial charge in [-0.3, -0.25) is 0 Å². The number of aromatic carboxylic acids is 2. The lowest BCUT2D eigenvalue weighted by Crippen LogP contribution is -2.18. The van der Waals surface area contributed by atoms with Crippen LogP contribution in [-0.4, -0.2) is 34.1 Å². The van der Waals surface area contributed by atoms with E-state index in [9.17, 15) is 29.4 Å². The summed E-state index contributed by atoms with van der Waals surface area (Å²) in [5, 5.41) is 19.2. The first-order chi connectivity index (χ1) is 18.7. The molecule has 0 saturated heterocycles. The Morgan fingerprint density at radius 3 is 1.28 bits per heavy atom. The number of esters is 2. The van der Waals surface area contributed by atoms with Crippen molar-refractivity contribution in [1.29, 1.82) is 0 Å². The summed E-state index contributed by atoms with van der Waals surface area (Å²) in [5.74, 6) is -0.360. The van der Waals surface area contributed by atoms with Crippen molar-refractivity contribution in [2.24, 2.45) is 0 Å². The lowest BCUT2D eigenvalue weighted by Gasteiger charge is -2.11. The summed E-state index contributed by atoms with van der Waals surface area (Å²) >= 11 is 0. The molecule has 0 saturated carbocycles. The maximum Gasteiger partial charge on any atom is 0.346 e. The molecule has 0 fully saturated rings. The highest BCUT2D eigenvalue weighted by molar-refractivity contribution is 6.11. The second-order valence-electron chi connectivity index (χ2n) is 8.26. The smallest absolute Gasteiger partial charge is 0.346 e. The average Bonchev–Trinajstić information content (AvgIpc) is 2.96. The molecule has 0 amide bonds. The molecule has 0 aromatic heterocycles. The molecule has 0 aliphatic rings. The fraction of sp³-hybridized carbons (Fsp3) is 0. The van der Waals surface area contributed by atoms with Gasteiger partial charge in [0.25, 0.3) is 0 Å². The van der Waals surface area contributed by atoms with Crippen LogP contribution in [0.15, 0.2) is 84.9 Å². The van der Waals surface area contributed by atoms with E-state index in [1.807, 2.05) is 0 Å². The summed E-state index contributed by atoms with van der Waals surface area (Å²) in [4.78, 5) is 49.8. The van der Waals surface area contributed by atoms with Gasteiger partial charge in [-0.1, -0.05) is 48.2 Å². The van der Waals surface area contributed by atoms with Gasteiger partial charge in [-0.25, -0.2) is 19.2 Å². The first-order valence-corrected chi connectivity index (χ1v) is 11.4. The van der Waals surface area contributed by atoms with E-state index in [0.29, 0.717) is 33.4 Å². The highest BCUT2D eigenvalue weighted by Crippen LogP contribution is 2.27. The Morgan fingerprint density at radius 1 is 0.538 bits per heavy atom. The van der Waals surface area contributed by atoms with Crippen LogP contribution in [-0.2, 0) is 4.74 Å². The lowest BCUT2D eigenvalue weighted by atomic mass is 9.97. The standard InChI is InChI=1S/C32H18O7/c1-3-19-7-5-9-21(15-19)23-11-13-25(29(33)34)27(17-23)31(37)39-32(38)28-18-24(12-14-26(28)30(35)36)22-10-6-8-20(4-2)16-22/h1-2,5-18H,(H,33,34)(H,35,36). The third kappa shape index (κ3) is 5.59. The maximum atomic E-state index is 13.1. The van der Waals surface area contributed by atoms with Crippen LogP contribution in [0, 0.1) is 24.7 Å². The molecule has 4 aromatic carbocycles. The van der Waals surface area contributed by atoms with Crippen LogP contribution < -0.4 is 0 Å². The quantitative estimate of drug-likeness (QED) is 0.202. The Balaban J connectivity index is 1.73. The number of carboxylic acid groups (broad SMARTS) is 2. The highest BCUT2D eigenvalue weighted by Gasteiger charge is 2.25. The van der Waals surface area contributed by atoms with Crippen molar-refractivity contribution in [2.75, 3.05) is 0 Å². The summed E-state index contributed by atoms with van der Waals surface area (Å²) in [6.07, 6.45) is 10.9. The Hall–Kier alpha value is -5.92. The summed E-state index contributed by atoms with van der Waals surface area (Å²) < 4.78 is 5.01. The van der Waals surface area contributed by atoms with Crippen molar-refractivity contribution in [3.8, 4) is 46.9 Å². The fourth-order valence-electron chi connectivity index (χ4n) is 3.93. The van der Waals surface area contributed by atoms with Crippen LogP contribution in [0.25, 0.3) is 22.3 Å². The van der Waals surface area contributed by atoms with Gasteiger partial charge >= 0.3 is 23.9 Å². The molecule has 0 radical (unpaired) electrons. The molecule has 0 unspecified atom stereocenters. The van der Waals surface area contributed by atoms with Crippen molar-refractivity contribution in [2.45, 2.75) is 0 Å². The first-order valence-electron chi connectivity index (χ1n) is 11.4. The van der Waals surface area contributed by atoms with Gasteiger partial charge in [0.05, 0.1) is 22.3 Å². The highest BCUT2D eigenvalue weighted by atomic mass is 16.6. The molecular weight excluding hydrogens is 496 g/mol. The van der Waals surface area contributed by atoms with E-state index in [2.05, 4.69) is 11.8 Å². The normalized spacial score (nSPS) is 10.1. The van der Waals surface area contributed by atoms with Crippen molar-refractivity contribution in [3.63, 3.8) is 0 Å². The Bertz CT molecular complexity index is 1620. The molecular formula is C32H18O7.